The molecule has 0 aromatic rings. The van der Waals surface area contributed by atoms with E-state index in [0.29, 0.717) is 19.8 Å². The van der Waals surface area contributed by atoms with E-state index in [2.05, 4.69) is 0 Å². The topological polar surface area (TPSA) is 62.2 Å². The third-order valence-corrected chi connectivity index (χ3v) is 2.83. The standard InChI is InChI=1S/C14H31NO4/c1-2-15(18-13-9-5-3-7-11-16)19-14-10-6-4-8-12-17/h16-17H,2-14H2,1H3. The van der Waals surface area contributed by atoms with Crippen molar-refractivity contribution in [1.82, 2.24) is 5.23 Å². The molecule has 0 saturated heterocycles. The largest absolute Gasteiger partial charge is 0.396 e. The summed E-state index contributed by atoms with van der Waals surface area (Å²) in [6, 6.07) is 0. The van der Waals surface area contributed by atoms with Gasteiger partial charge in [0.2, 0.25) is 0 Å². The van der Waals surface area contributed by atoms with Gasteiger partial charge in [-0.25, -0.2) is 0 Å². The summed E-state index contributed by atoms with van der Waals surface area (Å²) in [5.74, 6) is 0. The number of rotatable bonds is 15. The Kier molecular flexibility index (Phi) is 15.7. The molecule has 0 heterocycles. The fourth-order valence-corrected chi connectivity index (χ4v) is 1.69. The van der Waals surface area contributed by atoms with Gasteiger partial charge in [0.15, 0.2) is 0 Å². The fourth-order valence-electron chi connectivity index (χ4n) is 1.69. The quantitative estimate of drug-likeness (QED) is 0.355. The van der Waals surface area contributed by atoms with Gasteiger partial charge in [0.05, 0.1) is 13.2 Å². The van der Waals surface area contributed by atoms with Crippen molar-refractivity contribution in [2.45, 2.75) is 58.3 Å². The van der Waals surface area contributed by atoms with Gasteiger partial charge in [-0.3, -0.25) is 9.68 Å². The Morgan fingerprint density at radius 1 is 0.684 bits per heavy atom. The molecule has 0 spiro atoms. The summed E-state index contributed by atoms with van der Waals surface area (Å²) in [6.07, 6.45) is 8.02. The molecule has 5 heteroatoms. The van der Waals surface area contributed by atoms with E-state index in [-0.39, 0.29) is 13.2 Å². The van der Waals surface area contributed by atoms with Gasteiger partial charge in [0.1, 0.15) is 0 Å². The molecule has 19 heavy (non-hydrogen) atoms. The van der Waals surface area contributed by atoms with E-state index in [1.165, 1.54) is 0 Å². The second kappa shape index (κ2) is 15.9. The SMILES string of the molecule is CCN(OCCCCCCO)OCCCCCCO. The maximum atomic E-state index is 8.65. The summed E-state index contributed by atoms with van der Waals surface area (Å²) in [5.41, 5.74) is 0. The van der Waals surface area contributed by atoms with Crippen molar-refractivity contribution in [3.63, 3.8) is 0 Å². The zero-order valence-corrected chi connectivity index (χ0v) is 12.4. The minimum Gasteiger partial charge on any atom is -0.396 e. The van der Waals surface area contributed by atoms with Crippen molar-refractivity contribution >= 4 is 0 Å². The van der Waals surface area contributed by atoms with Crippen LogP contribution in [0.15, 0.2) is 0 Å². The number of aliphatic hydroxyl groups is 2. The number of hydrogen-bond acceptors (Lipinski definition) is 5. The van der Waals surface area contributed by atoms with Gasteiger partial charge < -0.3 is 10.2 Å². The van der Waals surface area contributed by atoms with E-state index in [4.69, 9.17) is 19.9 Å². The molecule has 0 unspecified atom stereocenters. The van der Waals surface area contributed by atoms with Gasteiger partial charge in [-0.1, -0.05) is 30.9 Å². The molecule has 0 aromatic heterocycles. The highest BCUT2D eigenvalue weighted by atomic mass is 16.9. The van der Waals surface area contributed by atoms with Crippen molar-refractivity contribution in [2.75, 3.05) is 33.0 Å². The van der Waals surface area contributed by atoms with Gasteiger partial charge >= 0.3 is 0 Å². The highest BCUT2D eigenvalue weighted by molar-refractivity contribution is 4.42. The van der Waals surface area contributed by atoms with E-state index in [0.717, 1.165) is 51.4 Å². The lowest BCUT2D eigenvalue weighted by atomic mass is 10.2. The number of unbranched alkanes of at least 4 members (excludes halogenated alkanes) is 6. The van der Waals surface area contributed by atoms with Crippen LogP contribution in [0.25, 0.3) is 0 Å². The number of nitrogens with zero attached hydrogens (tertiary/aromatic N) is 1. The Morgan fingerprint density at radius 3 is 1.47 bits per heavy atom. The highest BCUT2D eigenvalue weighted by Gasteiger charge is 2.02. The molecule has 0 aliphatic rings. The van der Waals surface area contributed by atoms with Crippen molar-refractivity contribution in [2.24, 2.45) is 0 Å². The smallest absolute Gasteiger partial charge is 0.0711 e. The van der Waals surface area contributed by atoms with Crippen LogP contribution in [0.5, 0.6) is 0 Å². The monoisotopic (exact) mass is 277 g/mol. The van der Waals surface area contributed by atoms with Crippen LogP contribution in [0.3, 0.4) is 0 Å². The lowest BCUT2D eigenvalue weighted by molar-refractivity contribution is -0.366. The molecule has 0 rings (SSSR count). The number of hydrogen-bond donors (Lipinski definition) is 2. The molecular weight excluding hydrogens is 246 g/mol. The third-order valence-electron chi connectivity index (χ3n) is 2.83. The molecule has 0 saturated carbocycles. The lowest BCUT2D eigenvalue weighted by Gasteiger charge is -2.19. The van der Waals surface area contributed by atoms with E-state index < -0.39 is 0 Å². The Hall–Kier alpha value is -0.200. The third kappa shape index (κ3) is 14.0. The Morgan fingerprint density at radius 2 is 1.11 bits per heavy atom. The minimum absolute atomic E-state index is 0.279. The fraction of sp³-hybridized carbons (Fsp3) is 1.00. The molecule has 5 nitrogen and oxygen atoms in total. The van der Waals surface area contributed by atoms with Crippen LogP contribution >= 0.6 is 0 Å². The summed E-state index contributed by atoms with van der Waals surface area (Å²) in [4.78, 5) is 11.0. The lowest BCUT2D eigenvalue weighted by Crippen LogP contribution is -2.25. The molecule has 0 bridgehead atoms. The maximum Gasteiger partial charge on any atom is 0.0711 e. The van der Waals surface area contributed by atoms with E-state index >= 15 is 0 Å². The Balaban J connectivity index is 3.30. The molecule has 0 fully saturated rings. The Labute approximate surface area is 117 Å². The average Bonchev–Trinajstić information content (AvgIpc) is 2.44. The molecule has 0 aliphatic carbocycles. The summed E-state index contributed by atoms with van der Waals surface area (Å²) >= 11 is 0. The van der Waals surface area contributed by atoms with Crippen molar-refractivity contribution in [3.8, 4) is 0 Å². The van der Waals surface area contributed by atoms with Crippen LogP contribution in [-0.2, 0) is 9.68 Å². The van der Waals surface area contributed by atoms with Crippen LogP contribution in [0, 0.1) is 0 Å². The normalized spacial score (nSPS) is 11.4. The Bertz CT molecular complexity index is 154. The minimum atomic E-state index is 0.279. The number of aliphatic hydroxyl groups excluding tert-OH is 2. The summed E-state index contributed by atoms with van der Waals surface area (Å²) in [7, 11) is 0. The maximum absolute atomic E-state index is 8.65. The molecule has 0 aliphatic heterocycles. The van der Waals surface area contributed by atoms with E-state index in [1.54, 1.807) is 5.23 Å². The predicted molar refractivity (Wildman–Crippen MR) is 75.4 cm³/mol. The molecule has 0 amide bonds. The van der Waals surface area contributed by atoms with Crippen molar-refractivity contribution < 1.29 is 19.9 Å². The molecule has 2 N–H and O–H groups in total. The van der Waals surface area contributed by atoms with Crippen LogP contribution in [0.4, 0.5) is 0 Å². The summed E-state index contributed by atoms with van der Waals surface area (Å²) in [5, 5.41) is 18.9. The van der Waals surface area contributed by atoms with E-state index in [1.807, 2.05) is 6.92 Å². The second-order valence-electron chi connectivity index (χ2n) is 4.59. The summed E-state index contributed by atoms with van der Waals surface area (Å²) in [6.45, 7) is 4.61. The van der Waals surface area contributed by atoms with Crippen molar-refractivity contribution in [3.05, 3.63) is 0 Å². The van der Waals surface area contributed by atoms with Crippen molar-refractivity contribution in [1.29, 1.82) is 0 Å². The van der Waals surface area contributed by atoms with E-state index in [9.17, 15) is 0 Å². The predicted octanol–water partition coefficient (Wildman–Crippen LogP) is 2.28. The van der Waals surface area contributed by atoms with Crippen LogP contribution in [0.2, 0.25) is 0 Å². The molecule has 0 atom stereocenters. The molecular formula is C14H31NO4. The first-order valence-electron chi connectivity index (χ1n) is 7.60. The van der Waals surface area contributed by atoms with Crippen LogP contribution in [0.1, 0.15) is 58.3 Å². The van der Waals surface area contributed by atoms with Gasteiger partial charge in [-0.05, 0) is 32.6 Å². The zero-order chi connectivity index (χ0) is 14.2. The molecule has 0 aromatic carbocycles. The second-order valence-corrected chi connectivity index (χ2v) is 4.59. The van der Waals surface area contributed by atoms with Gasteiger partial charge in [-0.15, -0.1) is 0 Å². The first kappa shape index (κ1) is 18.8. The number of hydroxylamine groups is 2. The van der Waals surface area contributed by atoms with Crippen LogP contribution in [-0.4, -0.2) is 48.4 Å². The first-order chi connectivity index (χ1) is 9.35. The highest BCUT2D eigenvalue weighted by Crippen LogP contribution is 2.03. The van der Waals surface area contributed by atoms with Gasteiger partial charge in [-0.2, -0.15) is 0 Å². The first-order valence-corrected chi connectivity index (χ1v) is 7.60. The summed E-state index contributed by atoms with van der Waals surface area (Å²) < 4.78 is 0. The van der Waals surface area contributed by atoms with Gasteiger partial charge in [0.25, 0.3) is 0 Å². The van der Waals surface area contributed by atoms with Crippen LogP contribution < -0.4 is 0 Å². The van der Waals surface area contributed by atoms with Gasteiger partial charge in [0, 0.05) is 19.8 Å². The molecule has 0 radical (unpaired) electrons. The zero-order valence-electron chi connectivity index (χ0n) is 12.4. The average molecular weight is 277 g/mol. The molecule has 116 valence electrons.